The van der Waals surface area contributed by atoms with Crippen LogP contribution in [-0.2, 0) is 31.9 Å². The number of hydrogen-bond donors (Lipinski definition) is 3. The van der Waals surface area contributed by atoms with E-state index in [9.17, 15) is 9.59 Å². The largest absolute Gasteiger partial charge is 0.489 e. The van der Waals surface area contributed by atoms with E-state index in [0.717, 1.165) is 100 Å². The van der Waals surface area contributed by atoms with Crippen molar-refractivity contribution in [2.24, 2.45) is 5.73 Å². The minimum absolute atomic E-state index is 0.154. The number of fused-ring (bicyclic) bond motifs is 2. The fraction of sp³-hybridized carbons (Fsp3) is 0.522. The van der Waals surface area contributed by atoms with Gasteiger partial charge in [-0.15, -0.1) is 0 Å². The Hall–Kier alpha value is -5.74. The lowest BCUT2D eigenvalue weighted by Gasteiger charge is -2.36. The lowest BCUT2D eigenvalue weighted by molar-refractivity contribution is -0.175. The lowest BCUT2D eigenvalue weighted by Crippen LogP contribution is -2.48. The zero-order valence-corrected chi connectivity index (χ0v) is 35.5. The molecule has 0 spiro atoms. The Bertz CT molecular complexity index is 2080. The number of rotatable bonds is 17. The monoisotopic (exact) mass is 848 g/mol. The average molecular weight is 849 g/mol. The molecule has 8 rings (SSSR count). The van der Waals surface area contributed by atoms with Gasteiger partial charge in [0.1, 0.15) is 35.3 Å². The van der Waals surface area contributed by atoms with Crippen LogP contribution in [0.3, 0.4) is 0 Å². The van der Waals surface area contributed by atoms with Gasteiger partial charge in [-0.1, -0.05) is 36.4 Å². The lowest BCUT2D eigenvalue weighted by atomic mass is 10.0. The number of nitrogens with one attached hydrogen (secondary N) is 2. The summed E-state index contributed by atoms with van der Waals surface area (Å²) in [5, 5.41) is 6.72. The standard InChI is InChI=1S/C46H60N10O6/c47-23-19-42(56(32-36-18-16-34-12-4-6-14-38(34)60-36)40-21-25-50-46(53-40)55-29-9-2-10-30-55)62-44(58)43(57)61-41(51-31-35-17-15-33-11-3-5-13-37(33)59-35)22-26-48-39-20-24-49-45(52-39)54-27-7-1-8-28-54/h3-6,11-14,20-21,24-25,35-36,41-42,51H,1-2,7-10,15-19,22-23,26-32,47H2,(H,48,49,52). The molecular formula is C46H60N10O6. The number of para-hydroxylation sites is 2. The maximum Gasteiger partial charge on any atom is 0.419 e. The molecule has 4 aliphatic rings. The van der Waals surface area contributed by atoms with Gasteiger partial charge in [0.05, 0.1) is 6.54 Å². The molecule has 2 aromatic heterocycles. The quantitative estimate of drug-likeness (QED) is 0.0731. The first-order chi connectivity index (χ1) is 30.5. The van der Waals surface area contributed by atoms with Crippen LogP contribution in [-0.4, -0.2) is 109 Å². The van der Waals surface area contributed by atoms with Crippen LogP contribution in [0.25, 0.3) is 0 Å². The average Bonchev–Trinajstić information content (AvgIpc) is 3.32. The zero-order chi connectivity index (χ0) is 42.5. The Kier molecular flexibility index (Phi) is 14.8. The molecule has 0 radical (unpaired) electrons. The van der Waals surface area contributed by atoms with Gasteiger partial charge in [0.25, 0.3) is 0 Å². The van der Waals surface area contributed by atoms with Gasteiger partial charge in [-0.25, -0.2) is 19.6 Å². The molecule has 2 fully saturated rings. The highest BCUT2D eigenvalue weighted by atomic mass is 16.6. The Balaban J connectivity index is 0.963. The fourth-order valence-corrected chi connectivity index (χ4v) is 8.62. The van der Waals surface area contributed by atoms with E-state index in [1.165, 1.54) is 12.8 Å². The maximum atomic E-state index is 13.9. The molecule has 0 aliphatic carbocycles. The fourth-order valence-electron chi connectivity index (χ4n) is 8.62. The van der Waals surface area contributed by atoms with Crippen molar-refractivity contribution >= 4 is 35.5 Å². The van der Waals surface area contributed by atoms with Crippen molar-refractivity contribution in [2.45, 2.75) is 102 Å². The number of esters is 2. The van der Waals surface area contributed by atoms with Crippen molar-refractivity contribution in [3.05, 3.63) is 84.2 Å². The van der Waals surface area contributed by atoms with Crippen LogP contribution in [0.4, 0.5) is 23.5 Å². The minimum atomic E-state index is -1.13. The molecule has 4 aliphatic heterocycles. The van der Waals surface area contributed by atoms with Crippen molar-refractivity contribution in [3.63, 3.8) is 0 Å². The third-order valence-corrected chi connectivity index (χ3v) is 12.0. The summed E-state index contributed by atoms with van der Waals surface area (Å²) < 4.78 is 24.7. The van der Waals surface area contributed by atoms with Gasteiger partial charge in [0, 0.05) is 64.5 Å². The first-order valence-electron chi connectivity index (χ1n) is 22.5. The summed E-state index contributed by atoms with van der Waals surface area (Å²) in [7, 11) is 0. The summed E-state index contributed by atoms with van der Waals surface area (Å²) in [5.74, 6) is 1.95. The first-order valence-corrected chi connectivity index (χ1v) is 22.5. The van der Waals surface area contributed by atoms with E-state index >= 15 is 0 Å². The van der Waals surface area contributed by atoms with Gasteiger partial charge < -0.3 is 44.7 Å². The van der Waals surface area contributed by atoms with Crippen molar-refractivity contribution in [2.75, 3.05) is 72.4 Å². The summed E-state index contributed by atoms with van der Waals surface area (Å²) in [4.78, 5) is 52.7. The second-order valence-electron chi connectivity index (χ2n) is 16.4. The van der Waals surface area contributed by atoms with E-state index in [1.54, 1.807) is 18.5 Å². The number of carbonyl (C=O) groups is 2. The third-order valence-electron chi connectivity index (χ3n) is 12.0. The smallest absolute Gasteiger partial charge is 0.419 e. The number of carbonyl (C=O) groups excluding carboxylic acids is 2. The summed E-state index contributed by atoms with van der Waals surface area (Å²) in [5.41, 5.74) is 8.48. The number of nitrogens with two attached hydrogens (primary N) is 1. The summed E-state index contributed by atoms with van der Waals surface area (Å²) in [6.45, 7) is 4.90. The molecule has 0 saturated carbocycles. The summed E-state index contributed by atoms with van der Waals surface area (Å²) in [6.07, 6.45) is 11.8. The van der Waals surface area contributed by atoms with Gasteiger partial charge in [0.2, 0.25) is 11.9 Å². The number of anilines is 4. The number of nitrogens with zero attached hydrogens (tertiary/aromatic N) is 7. The van der Waals surface area contributed by atoms with E-state index < -0.39 is 24.4 Å². The molecule has 4 N–H and O–H groups in total. The van der Waals surface area contributed by atoms with Crippen molar-refractivity contribution in [3.8, 4) is 11.5 Å². The van der Waals surface area contributed by atoms with Crippen molar-refractivity contribution in [1.82, 2.24) is 25.3 Å². The van der Waals surface area contributed by atoms with Gasteiger partial charge in [0.15, 0.2) is 12.5 Å². The molecule has 330 valence electrons. The van der Waals surface area contributed by atoms with Crippen LogP contribution in [0.5, 0.6) is 11.5 Å². The highest BCUT2D eigenvalue weighted by molar-refractivity contribution is 6.29. The van der Waals surface area contributed by atoms with E-state index in [-0.39, 0.29) is 25.2 Å². The molecule has 4 atom stereocenters. The Morgan fingerprint density at radius 3 is 2.02 bits per heavy atom. The van der Waals surface area contributed by atoms with E-state index in [4.69, 9.17) is 34.6 Å². The normalized spacial score (nSPS) is 19.4. The van der Waals surface area contributed by atoms with Crippen LogP contribution < -0.4 is 40.5 Å². The number of benzene rings is 2. The molecule has 2 aromatic carbocycles. The number of aromatic nitrogens is 4. The molecule has 16 nitrogen and oxygen atoms in total. The van der Waals surface area contributed by atoms with Gasteiger partial charge in [-0.3, -0.25) is 5.32 Å². The van der Waals surface area contributed by atoms with Gasteiger partial charge >= 0.3 is 11.9 Å². The molecule has 4 unspecified atom stereocenters. The number of ether oxygens (including phenoxy) is 4. The van der Waals surface area contributed by atoms with Crippen LogP contribution in [0, 0.1) is 0 Å². The van der Waals surface area contributed by atoms with E-state index in [2.05, 4.69) is 42.5 Å². The van der Waals surface area contributed by atoms with E-state index in [0.29, 0.717) is 49.6 Å². The predicted molar refractivity (Wildman–Crippen MR) is 236 cm³/mol. The van der Waals surface area contributed by atoms with Crippen LogP contribution in [0.1, 0.15) is 75.3 Å². The Morgan fingerprint density at radius 2 is 1.34 bits per heavy atom. The summed E-state index contributed by atoms with van der Waals surface area (Å²) >= 11 is 0. The molecule has 0 bridgehead atoms. The molecule has 2 saturated heterocycles. The second-order valence-corrected chi connectivity index (χ2v) is 16.4. The van der Waals surface area contributed by atoms with Crippen molar-refractivity contribution in [1.29, 1.82) is 0 Å². The number of aryl methyl sites for hydroxylation is 2. The van der Waals surface area contributed by atoms with Gasteiger partial charge in [-0.05, 0) is 106 Å². The third kappa shape index (κ3) is 11.4. The molecule has 6 heterocycles. The molecule has 4 aromatic rings. The maximum absolute atomic E-state index is 13.9. The SMILES string of the molecule is NCCC(OC(=O)C(=O)OC(CCNc1ccnc(N2CCCCC2)n1)NCC1CCc2ccccc2O1)N(CC1CCc2ccccc2O1)c1ccnc(N2CCCCC2)n1. The molecular weight excluding hydrogens is 789 g/mol. The predicted octanol–water partition coefficient (Wildman–Crippen LogP) is 5.02. The van der Waals surface area contributed by atoms with Crippen molar-refractivity contribution < 1.29 is 28.5 Å². The van der Waals surface area contributed by atoms with Crippen LogP contribution >= 0.6 is 0 Å². The van der Waals surface area contributed by atoms with Crippen LogP contribution in [0.2, 0.25) is 0 Å². The number of piperidine rings is 2. The Labute approximate surface area is 363 Å². The molecule has 0 amide bonds. The number of hydrogen-bond acceptors (Lipinski definition) is 16. The van der Waals surface area contributed by atoms with Gasteiger partial charge in [-0.2, -0.15) is 9.97 Å². The van der Waals surface area contributed by atoms with Crippen LogP contribution in [0.15, 0.2) is 73.1 Å². The highest BCUT2D eigenvalue weighted by Crippen LogP contribution is 2.30. The molecule has 62 heavy (non-hydrogen) atoms. The second kappa shape index (κ2) is 21.4. The topological polar surface area (TPSA) is 182 Å². The first kappa shape index (κ1) is 42.9. The Morgan fingerprint density at radius 1 is 0.742 bits per heavy atom. The molecule has 16 heteroatoms. The highest BCUT2D eigenvalue weighted by Gasteiger charge is 2.33. The summed E-state index contributed by atoms with van der Waals surface area (Å²) in [6, 6.07) is 19.6. The minimum Gasteiger partial charge on any atom is -0.489 e. The zero-order valence-electron chi connectivity index (χ0n) is 35.5. The van der Waals surface area contributed by atoms with E-state index in [1.807, 2.05) is 47.4 Å².